The predicted molar refractivity (Wildman–Crippen MR) is 115 cm³/mol. The minimum atomic E-state index is -3.69. The van der Waals surface area contributed by atoms with Crippen LogP contribution in [-0.2, 0) is 25.8 Å². The highest BCUT2D eigenvalue weighted by molar-refractivity contribution is 8.00. The first kappa shape index (κ1) is 21.4. The number of sulfone groups is 1. The Balaban J connectivity index is 1.58. The molecule has 0 aliphatic carbocycles. The number of hydrogen-bond donors (Lipinski definition) is 2. The smallest absolute Gasteiger partial charge is 0.234 e. The van der Waals surface area contributed by atoms with Crippen molar-refractivity contribution in [1.29, 1.82) is 0 Å². The molecule has 0 fully saturated rings. The first-order chi connectivity index (χ1) is 13.8. The second-order valence-electron chi connectivity index (χ2n) is 7.14. The summed E-state index contributed by atoms with van der Waals surface area (Å²) in [4.78, 5) is 24.7. The Labute approximate surface area is 175 Å². The quantitative estimate of drug-likeness (QED) is 0.702. The predicted octanol–water partition coefficient (Wildman–Crippen LogP) is 2.95. The second kappa shape index (κ2) is 9.00. The highest BCUT2D eigenvalue weighted by Gasteiger charge is 2.27. The maximum Gasteiger partial charge on any atom is 0.234 e. The number of amides is 2. The number of aryl methyl sites for hydroxylation is 1. The van der Waals surface area contributed by atoms with Crippen molar-refractivity contribution in [2.75, 3.05) is 17.6 Å². The Hall–Kier alpha value is -2.32. The number of nitrogens with one attached hydrogen (secondary N) is 2. The van der Waals surface area contributed by atoms with E-state index in [1.165, 1.54) is 36.4 Å². The van der Waals surface area contributed by atoms with E-state index < -0.39 is 15.1 Å². The van der Waals surface area contributed by atoms with Crippen molar-refractivity contribution in [3.05, 3.63) is 53.6 Å². The van der Waals surface area contributed by atoms with Crippen LogP contribution in [0.5, 0.6) is 0 Å². The van der Waals surface area contributed by atoms with Crippen molar-refractivity contribution in [1.82, 2.24) is 5.32 Å². The van der Waals surface area contributed by atoms with Crippen LogP contribution in [0.3, 0.4) is 0 Å². The van der Waals surface area contributed by atoms with Gasteiger partial charge in [-0.1, -0.05) is 29.8 Å². The van der Waals surface area contributed by atoms with Gasteiger partial charge in [0.15, 0.2) is 9.84 Å². The van der Waals surface area contributed by atoms with Gasteiger partial charge in [-0.2, -0.15) is 0 Å². The van der Waals surface area contributed by atoms with Crippen molar-refractivity contribution in [3.63, 3.8) is 0 Å². The molecular weight excluding hydrogens is 408 g/mol. The van der Waals surface area contributed by atoms with E-state index in [4.69, 9.17) is 0 Å². The van der Waals surface area contributed by atoms with Crippen LogP contribution in [0, 0.1) is 6.92 Å². The summed E-state index contributed by atoms with van der Waals surface area (Å²) in [6.07, 6.45) is 0.573. The summed E-state index contributed by atoms with van der Waals surface area (Å²) in [6, 6.07) is 12.8. The van der Waals surface area contributed by atoms with Gasteiger partial charge in [-0.15, -0.1) is 11.8 Å². The molecule has 2 N–H and O–H groups in total. The molecule has 1 unspecified atom stereocenters. The second-order valence-corrected chi connectivity index (χ2v) is 10.5. The lowest BCUT2D eigenvalue weighted by Gasteiger charge is -2.18. The molecule has 8 heteroatoms. The van der Waals surface area contributed by atoms with Gasteiger partial charge in [-0.05, 0) is 44.0 Å². The lowest BCUT2D eigenvalue weighted by Crippen LogP contribution is -2.31. The summed E-state index contributed by atoms with van der Waals surface area (Å²) >= 11 is 1.37. The molecule has 0 aromatic heterocycles. The molecule has 1 aliphatic heterocycles. The third-order valence-electron chi connectivity index (χ3n) is 4.77. The van der Waals surface area contributed by atoms with Crippen molar-refractivity contribution >= 4 is 39.1 Å². The molecule has 154 valence electrons. The molecular formula is C21H24N2O4S2. The molecule has 1 atom stereocenters. The first-order valence-electron chi connectivity index (χ1n) is 9.38. The van der Waals surface area contributed by atoms with Gasteiger partial charge in [0.2, 0.25) is 11.8 Å². The van der Waals surface area contributed by atoms with Gasteiger partial charge in [-0.3, -0.25) is 9.59 Å². The lowest BCUT2D eigenvalue weighted by molar-refractivity contribution is -0.121. The van der Waals surface area contributed by atoms with Crippen LogP contribution in [0.15, 0.2) is 52.3 Å². The highest BCUT2D eigenvalue weighted by atomic mass is 32.2. The topological polar surface area (TPSA) is 92.3 Å². The Kier molecular flexibility index (Phi) is 6.64. The van der Waals surface area contributed by atoms with Crippen LogP contribution < -0.4 is 10.6 Å². The Bertz CT molecular complexity index is 1020. The van der Waals surface area contributed by atoms with Gasteiger partial charge in [0.05, 0.1) is 21.6 Å². The van der Waals surface area contributed by atoms with Crippen LogP contribution in [-0.4, -0.2) is 37.8 Å². The fourth-order valence-electron chi connectivity index (χ4n) is 3.02. The molecule has 2 aromatic carbocycles. The summed E-state index contributed by atoms with van der Waals surface area (Å²) in [5.41, 5.74) is 2.80. The minimum Gasteiger partial charge on any atom is -0.356 e. The fraction of sp³-hybridized carbons (Fsp3) is 0.333. The van der Waals surface area contributed by atoms with Crippen molar-refractivity contribution < 1.29 is 18.0 Å². The Morgan fingerprint density at radius 1 is 1.21 bits per heavy atom. The molecule has 6 nitrogen and oxygen atoms in total. The average Bonchev–Trinajstić information content (AvgIpc) is 2.68. The lowest BCUT2D eigenvalue weighted by atomic mass is 10.1. The van der Waals surface area contributed by atoms with E-state index in [0.29, 0.717) is 24.4 Å². The average molecular weight is 433 g/mol. The van der Waals surface area contributed by atoms with E-state index in [1.54, 1.807) is 6.07 Å². The zero-order valence-corrected chi connectivity index (χ0v) is 18.0. The summed E-state index contributed by atoms with van der Waals surface area (Å²) in [5, 5.41) is 4.62. The molecule has 1 aliphatic rings. The molecule has 0 radical (unpaired) electrons. The van der Waals surface area contributed by atoms with Gasteiger partial charge in [-0.25, -0.2) is 8.42 Å². The monoisotopic (exact) mass is 432 g/mol. The molecule has 29 heavy (non-hydrogen) atoms. The zero-order chi connectivity index (χ0) is 21.0. The summed E-state index contributed by atoms with van der Waals surface area (Å²) < 4.78 is 25.7. The van der Waals surface area contributed by atoms with E-state index in [-0.39, 0.29) is 23.1 Å². The van der Waals surface area contributed by atoms with Crippen LogP contribution in [0.2, 0.25) is 0 Å². The molecule has 0 saturated carbocycles. The van der Waals surface area contributed by atoms with Crippen LogP contribution in [0.1, 0.15) is 24.5 Å². The number of anilines is 1. The van der Waals surface area contributed by atoms with Crippen molar-refractivity contribution in [3.8, 4) is 0 Å². The van der Waals surface area contributed by atoms with E-state index in [1.807, 2.05) is 31.2 Å². The van der Waals surface area contributed by atoms with Gasteiger partial charge >= 0.3 is 0 Å². The third-order valence-corrected chi connectivity index (χ3v) is 7.98. The van der Waals surface area contributed by atoms with Gasteiger partial charge in [0.1, 0.15) is 0 Å². The zero-order valence-electron chi connectivity index (χ0n) is 16.4. The minimum absolute atomic E-state index is 0.110. The van der Waals surface area contributed by atoms with E-state index in [9.17, 15) is 18.0 Å². The van der Waals surface area contributed by atoms with E-state index in [2.05, 4.69) is 10.6 Å². The number of benzene rings is 2. The maximum atomic E-state index is 12.9. The van der Waals surface area contributed by atoms with Crippen LogP contribution >= 0.6 is 11.8 Å². The van der Waals surface area contributed by atoms with Crippen LogP contribution in [0.4, 0.5) is 5.69 Å². The van der Waals surface area contributed by atoms with Crippen molar-refractivity contribution in [2.45, 2.75) is 41.7 Å². The number of carbonyl (C=O) groups is 2. The largest absolute Gasteiger partial charge is 0.356 e. The standard InChI is InChI=1S/C21H24N2O4S2/c1-14-3-5-16(6-4-14)9-10-22-20(24)11-15(2)29(26,27)17-7-8-19-18(12-17)23-21(25)13-28-19/h3-8,12,15H,9-11,13H2,1-2H3,(H,22,24)(H,23,25). The van der Waals surface area contributed by atoms with E-state index >= 15 is 0 Å². The fourth-order valence-corrected chi connectivity index (χ4v) is 5.18. The molecule has 0 spiro atoms. The van der Waals surface area contributed by atoms with Gasteiger partial charge < -0.3 is 10.6 Å². The Morgan fingerprint density at radius 2 is 1.93 bits per heavy atom. The number of hydrogen-bond acceptors (Lipinski definition) is 5. The molecule has 2 amide bonds. The Morgan fingerprint density at radius 3 is 2.66 bits per heavy atom. The first-order valence-corrected chi connectivity index (χ1v) is 11.9. The van der Waals surface area contributed by atoms with Crippen LogP contribution in [0.25, 0.3) is 0 Å². The maximum absolute atomic E-state index is 12.9. The number of rotatable bonds is 7. The van der Waals surface area contributed by atoms with Gasteiger partial charge in [0, 0.05) is 17.9 Å². The molecule has 1 heterocycles. The summed E-state index contributed by atoms with van der Waals surface area (Å²) in [6.45, 7) is 4.00. The third kappa shape index (κ3) is 5.39. The molecule has 2 aromatic rings. The number of carbonyl (C=O) groups excluding carboxylic acids is 2. The molecule has 0 saturated heterocycles. The number of thioether (sulfide) groups is 1. The van der Waals surface area contributed by atoms with Crippen molar-refractivity contribution in [2.24, 2.45) is 0 Å². The summed E-state index contributed by atoms with van der Waals surface area (Å²) in [7, 11) is -3.69. The van der Waals surface area contributed by atoms with E-state index in [0.717, 1.165) is 10.5 Å². The SMILES string of the molecule is Cc1ccc(CCNC(=O)CC(C)S(=O)(=O)c2ccc3c(c2)NC(=O)CS3)cc1. The highest BCUT2D eigenvalue weighted by Crippen LogP contribution is 2.34. The number of fused-ring (bicyclic) bond motifs is 1. The van der Waals surface area contributed by atoms with Gasteiger partial charge in [0.25, 0.3) is 0 Å². The molecule has 3 rings (SSSR count). The molecule has 0 bridgehead atoms. The summed E-state index contributed by atoms with van der Waals surface area (Å²) in [5.74, 6) is -0.133. The normalized spacial score (nSPS) is 14.6.